The van der Waals surface area contributed by atoms with E-state index in [1.54, 1.807) is 0 Å². The quantitative estimate of drug-likeness (QED) is 0.667. The minimum absolute atomic E-state index is 0.239. The normalized spacial score (nSPS) is 25.3. The third kappa shape index (κ3) is 3.75. The number of aromatic hydroxyl groups is 1. The summed E-state index contributed by atoms with van der Waals surface area (Å²) < 4.78 is 0. The number of carbonyl (C=O) groups is 1. The van der Waals surface area contributed by atoms with E-state index >= 15 is 0 Å². The number of hydrogen-bond donors (Lipinski definition) is 1. The van der Waals surface area contributed by atoms with E-state index in [0.29, 0.717) is 17.6 Å². The fourth-order valence-corrected chi connectivity index (χ4v) is 6.34. The summed E-state index contributed by atoms with van der Waals surface area (Å²) in [6.45, 7) is 1.94. The Labute approximate surface area is 180 Å². The van der Waals surface area contributed by atoms with E-state index in [9.17, 15) is 9.90 Å². The van der Waals surface area contributed by atoms with Crippen molar-refractivity contribution in [1.82, 2.24) is 0 Å². The highest BCUT2D eigenvalue weighted by atomic mass is 16.3. The SMILES string of the molecule is O=CC1CCN(c2ccc([C@H]3c4ccc(O)cc4CC[C@H]3C3CCCC3)cc2)CC1. The van der Waals surface area contributed by atoms with Gasteiger partial charge in [0, 0.05) is 30.6 Å². The Balaban J connectivity index is 1.43. The highest BCUT2D eigenvalue weighted by Crippen LogP contribution is 2.49. The molecular weight excluding hydrogens is 370 g/mol. The Morgan fingerprint density at radius 1 is 0.900 bits per heavy atom. The van der Waals surface area contributed by atoms with Gasteiger partial charge in [0.05, 0.1) is 0 Å². The summed E-state index contributed by atoms with van der Waals surface area (Å²) in [5.41, 5.74) is 5.46. The van der Waals surface area contributed by atoms with E-state index in [2.05, 4.69) is 35.2 Å². The van der Waals surface area contributed by atoms with Crippen molar-refractivity contribution in [3.63, 3.8) is 0 Å². The number of carbonyl (C=O) groups excluding carboxylic acids is 1. The standard InChI is InChI=1S/C27H33NO2/c29-18-19-13-15-28(16-14-19)23-8-5-21(6-9-23)27-25(20-3-1-2-4-20)11-7-22-17-24(30)10-12-26(22)27/h5-6,8-10,12,17-20,25,27,30H,1-4,7,11,13-16H2/t25-,27+/m0/s1. The second-order valence-electron chi connectivity index (χ2n) is 9.66. The van der Waals surface area contributed by atoms with Crippen molar-refractivity contribution in [3.8, 4) is 5.75 Å². The van der Waals surface area contributed by atoms with Crippen LogP contribution in [0.25, 0.3) is 0 Å². The van der Waals surface area contributed by atoms with Crippen LogP contribution in [-0.4, -0.2) is 24.5 Å². The molecule has 3 heteroatoms. The first-order valence-electron chi connectivity index (χ1n) is 11.8. The van der Waals surface area contributed by atoms with E-state index in [1.165, 1.54) is 54.5 Å². The minimum atomic E-state index is 0.239. The lowest BCUT2D eigenvalue weighted by molar-refractivity contribution is -0.111. The van der Waals surface area contributed by atoms with E-state index in [1.807, 2.05) is 12.1 Å². The molecule has 0 radical (unpaired) electrons. The zero-order chi connectivity index (χ0) is 20.5. The maximum Gasteiger partial charge on any atom is 0.123 e. The number of hydrogen-bond acceptors (Lipinski definition) is 3. The molecule has 2 atom stereocenters. The predicted molar refractivity (Wildman–Crippen MR) is 121 cm³/mol. The van der Waals surface area contributed by atoms with Crippen LogP contribution in [0.3, 0.4) is 0 Å². The molecule has 1 saturated heterocycles. The number of piperidine rings is 1. The Kier molecular flexibility index (Phi) is 5.54. The molecule has 0 spiro atoms. The number of rotatable bonds is 4. The van der Waals surface area contributed by atoms with Crippen LogP contribution in [0.15, 0.2) is 42.5 Å². The molecule has 2 aliphatic carbocycles. The fourth-order valence-electron chi connectivity index (χ4n) is 6.34. The monoisotopic (exact) mass is 403 g/mol. The van der Waals surface area contributed by atoms with Crippen molar-refractivity contribution >= 4 is 12.0 Å². The summed E-state index contributed by atoms with van der Waals surface area (Å²) in [7, 11) is 0. The Morgan fingerprint density at radius 2 is 1.63 bits per heavy atom. The average Bonchev–Trinajstić information content (AvgIpc) is 3.33. The van der Waals surface area contributed by atoms with Crippen LogP contribution in [0.2, 0.25) is 0 Å². The van der Waals surface area contributed by atoms with Gasteiger partial charge in [-0.3, -0.25) is 0 Å². The van der Waals surface area contributed by atoms with Gasteiger partial charge in [0.2, 0.25) is 0 Å². The topological polar surface area (TPSA) is 40.5 Å². The lowest BCUT2D eigenvalue weighted by Crippen LogP contribution is -2.34. The summed E-state index contributed by atoms with van der Waals surface area (Å²) in [5.74, 6) is 2.61. The molecule has 0 unspecified atom stereocenters. The number of benzene rings is 2. The zero-order valence-corrected chi connectivity index (χ0v) is 17.8. The zero-order valence-electron chi connectivity index (χ0n) is 17.8. The molecule has 1 aliphatic heterocycles. The summed E-state index contributed by atoms with van der Waals surface area (Å²) >= 11 is 0. The van der Waals surface area contributed by atoms with Gasteiger partial charge < -0.3 is 14.8 Å². The molecule has 158 valence electrons. The van der Waals surface area contributed by atoms with Gasteiger partial charge in [-0.2, -0.15) is 0 Å². The number of anilines is 1. The lowest BCUT2D eigenvalue weighted by atomic mass is 9.66. The molecule has 1 N–H and O–H groups in total. The van der Waals surface area contributed by atoms with Crippen molar-refractivity contribution in [1.29, 1.82) is 0 Å². The van der Waals surface area contributed by atoms with E-state index in [0.717, 1.165) is 44.6 Å². The summed E-state index contributed by atoms with van der Waals surface area (Å²) in [6.07, 6.45) is 10.9. The first-order chi connectivity index (χ1) is 14.7. The minimum Gasteiger partial charge on any atom is -0.508 e. The van der Waals surface area contributed by atoms with Gasteiger partial charge in [0.1, 0.15) is 12.0 Å². The molecule has 2 aromatic rings. The Hall–Kier alpha value is -2.29. The summed E-state index contributed by atoms with van der Waals surface area (Å²) in [6, 6.07) is 15.3. The molecule has 1 heterocycles. The average molecular weight is 404 g/mol. The molecule has 0 amide bonds. The van der Waals surface area contributed by atoms with Crippen LogP contribution in [0, 0.1) is 17.8 Å². The van der Waals surface area contributed by atoms with Crippen molar-refractivity contribution in [2.45, 2.75) is 57.3 Å². The first-order valence-corrected chi connectivity index (χ1v) is 11.8. The van der Waals surface area contributed by atoms with Gasteiger partial charge in [-0.15, -0.1) is 0 Å². The molecule has 1 saturated carbocycles. The Bertz CT molecular complexity index is 876. The van der Waals surface area contributed by atoms with Crippen molar-refractivity contribution in [2.75, 3.05) is 18.0 Å². The molecule has 3 nitrogen and oxygen atoms in total. The van der Waals surface area contributed by atoms with Crippen LogP contribution in [0.4, 0.5) is 5.69 Å². The number of phenolic OH excluding ortho intramolecular Hbond substituents is 1. The van der Waals surface area contributed by atoms with Gasteiger partial charge in [-0.1, -0.05) is 43.9 Å². The lowest BCUT2D eigenvalue weighted by Gasteiger charge is -2.38. The summed E-state index contributed by atoms with van der Waals surface area (Å²) in [4.78, 5) is 13.5. The molecule has 5 rings (SSSR count). The van der Waals surface area contributed by atoms with Crippen molar-refractivity contribution in [3.05, 3.63) is 59.2 Å². The maximum atomic E-state index is 11.1. The fraction of sp³-hybridized carbons (Fsp3) is 0.519. The third-order valence-electron chi connectivity index (χ3n) is 7.99. The second-order valence-corrected chi connectivity index (χ2v) is 9.66. The molecule has 0 aromatic heterocycles. The number of fused-ring (bicyclic) bond motifs is 1. The largest absolute Gasteiger partial charge is 0.508 e. The van der Waals surface area contributed by atoms with Gasteiger partial charge in [-0.25, -0.2) is 0 Å². The molecular formula is C27H33NO2. The second kappa shape index (κ2) is 8.45. The highest BCUT2D eigenvalue weighted by molar-refractivity contribution is 5.56. The van der Waals surface area contributed by atoms with Crippen molar-refractivity contribution in [2.24, 2.45) is 17.8 Å². The van der Waals surface area contributed by atoms with Crippen LogP contribution in [0.1, 0.15) is 67.6 Å². The molecule has 30 heavy (non-hydrogen) atoms. The van der Waals surface area contributed by atoms with Gasteiger partial charge in [-0.05, 0) is 78.5 Å². The first kappa shape index (κ1) is 19.7. The molecule has 0 bridgehead atoms. The highest BCUT2D eigenvalue weighted by Gasteiger charge is 2.37. The third-order valence-corrected chi connectivity index (χ3v) is 7.99. The number of nitrogens with zero attached hydrogens (tertiary/aromatic N) is 1. The van der Waals surface area contributed by atoms with Crippen LogP contribution < -0.4 is 4.90 Å². The van der Waals surface area contributed by atoms with E-state index in [4.69, 9.17) is 0 Å². The number of phenols is 1. The van der Waals surface area contributed by atoms with E-state index in [-0.39, 0.29) is 5.92 Å². The van der Waals surface area contributed by atoms with Gasteiger partial charge >= 0.3 is 0 Å². The van der Waals surface area contributed by atoms with Gasteiger partial charge in [0.25, 0.3) is 0 Å². The van der Waals surface area contributed by atoms with E-state index < -0.39 is 0 Å². The van der Waals surface area contributed by atoms with Crippen LogP contribution in [0.5, 0.6) is 5.75 Å². The van der Waals surface area contributed by atoms with Crippen LogP contribution in [-0.2, 0) is 11.2 Å². The molecule has 3 aliphatic rings. The number of aldehydes is 1. The molecule has 2 fully saturated rings. The number of aryl methyl sites for hydroxylation is 1. The van der Waals surface area contributed by atoms with Gasteiger partial charge in [0.15, 0.2) is 0 Å². The molecule has 2 aromatic carbocycles. The van der Waals surface area contributed by atoms with Crippen LogP contribution >= 0.6 is 0 Å². The summed E-state index contributed by atoms with van der Waals surface area (Å²) in [5, 5.41) is 10.0. The maximum absolute atomic E-state index is 11.1. The Morgan fingerprint density at radius 3 is 2.33 bits per heavy atom. The van der Waals surface area contributed by atoms with Crippen molar-refractivity contribution < 1.29 is 9.90 Å². The predicted octanol–water partition coefficient (Wildman–Crippen LogP) is 5.69. The smallest absolute Gasteiger partial charge is 0.123 e.